The Balaban J connectivity index is 2.08. The maximum absolute atomic E-state index is 11.4. The Kier molecular flexibility index (Phi) is 6.01. The molecule has 1 rings (SSSR count). The lowest BCUT2D eigenvalue weighted by atomic mass is 10.3. The van der Waals surface area contributed by atoms with E-state index in [4.69, 9.17) is 0 Å². The van der Waals surface area contributed by atoms with E-state index in [0.29, 0.717) is 18.7 Å². The zero-order valence-electron chi connectivity index (χ0n) is 9.61. The Morgan fingerprint density at radius 3 is 2.75 bits per heavy atom. The van der Waals surface area contributed by atoms with Gasteiger partial charge in [-0.3, -0.25) is 0 Å². The zero-order chi connectivity index (χ0) is 11.9. The van der Waals surface area contributed by atoms with Gasteiger partial charge in [0.25, 0.3) is 0 Å². The van der Waals surface area contributed by atoms with E-state index in [1.807, 2.05) is 13.0 Å². The summed E-state index contributed by atoms with van der Waals surface area (Å²) in [5, 5.41) is 5.22. The van der Waals surface area contributed by atoms with Crippen molar-refractivity contribution in [2.24, 2.45) is 0 Å². The quantitative estimate of drug-likeness (QED) is 0.725. The van der Waals surface area contributed by atoms with Crippen molar-refractivity contribution in [3.63, 3.8) is 0 Å². The second-order valence-corrected chi connectivity index (χ2v) is 7.07. The van der Waals surface area contributed by atoms with Gasteiger partial charge in [-0.05, 0) is 30.8 Å². The molecule has 0 aromatic carbocycles. The van der Waals surface area contributed by atoms with Gasteiger partial charge in [0, 0.05) is 17.2 Å². The molecule has 1 N–H and O–H groups in total. The highest BCUT2D eigenvalue weighted by Crippen LogP contribution is 2.07. The fraction of sp³-hybridized carbons (Fsp3) is 0.636. The molecule has 3 nitrogen and oxygen atoms in total. The first-order valence-corrected chi connectivity index (χ1v) is 8.27. The Bertz CT molecular complexity index is 371. The summed E-state index contributed by atoms with van der Waals surface area (Å²) in [5.74, 6) is 0.560. The van der Waals surface area contributed by atoms with Crippen molar-refractivity contribution < 1.29 is 8.42 Å². The lowest BCUT2D eigenvalue weighted by molar-refractivity contribution is 0.589. The van der Waals surface area contributed by atoms with Crippen molar-refractivity contribution in [1.29, 1.82) is 0 Å². The van der Waals surface area contributed by atoms with Gasteiger partial charge < -0.3 is 5.32 Å². The summed E-state index contributed by atoms with van der Waals surface area (Å²) in [6, 6.07) is 4.13. The fourth-order valence-electron chi connectivity index (χ4n) is 1.43. The van der Waals surface area contributed by atoms with Gasteiger partial charge in [0.2, 0.25) is 0 Å². The maximum Gasteiger partial charge on any atom is 0.151 e. The Hall–Kier alpha value is -0.390. The average Bonchev–Trinajstić information content (AvgIpc) is 2.69. The van der Waals surface area contributed by atoms with Crippen LogP contribution in [0.25, 0.3) is 0 Å². The van der Waals surface area contributed by atoms with Crippen LogP contribution in [0.4, 0.5) is 0 Å². The van der Waals surface area contributed by atoms with Crippen LogP contribution in [0.2, 0.25) is 0 Å². The monoisotopic (exact) mass is 261 g/mol. The normalized spacial score (nSPS) is 11.8. The van der Waals surface area contributed by atoms with Crippen LogP contribution in [0, 0.1) is 0 Å². The fourth-order valence-corrected chi connectivity index (χ4v) is 3.42. The molecule has 0 atom stereocenters. The van der Waals surface area contributed by atoms with Gasteiger partial charge >= 0.3 is 0 Å². The highest BCUT2D eigenvalue weighted by Gasteiger charge is 2.07. The summed E-state index contributed by atoms with van der Waals surface area (Å²) in [5.41, 5.74) is 0. The molecule has 0 amide bonds. The first kappa shape index (κ1) is 13.7. The van der Waals surface area contributed by atoms with Crippen LogP contribution < -0.4 is 5.32 Å². The SMILES string of the molecule is CCCS(=O)(=O)CCNCCc1cccs1. The van der Waals surface area contributed by atoms with Crippen molar-refractivity contribution >= 4 is 21.2 Å². The van der Waals surface area contributed by atoms with Crippen molar-refractivity contribution in [2.45, 2.75) is 19.8 Å². The van der Waals surface area contributed by atoms with Crippen molar-refractivity contribution in [2.75, 3.05) is 24.6 Å². The van der Waals surface area contributed by atoms with E-state index in [9.17, 15) is 8.42 Å². The predicted molar refractivity (Wildman–Crippen MR) is 69.8 cm³/mol. The van der Waals surface area contributed by atoms with E-state index in [1.165, 1.54) is 4.88 Å². The second kappa shape index (κ2) is 7.04. The Morgan fingerprint density at radius 1 is 1.31 bits per heavy atom. The van der Waals surface area contributed by atoms with E-state index in [1.54, 1.807) is 11.3 Å². The van der Waals surface area contributed by atoms with E-state index in [-0.39, 0.29) is 5.75 Å². The van der Waals surface area contributed by atoms with Crippen LogP contribution in [0.1, 0.15) is 18.2 Å². The van der Waals surface area contributed by atoms with Crippen LogP contribution in [-0.2, 0) is 16.3 Å². The third-order valence-electron chi connectivity index (χ3n) is 2.23. The molecule has 0 fully saturated rings. The molecular formula is C11H19NO2S2. The largest absolute Gasteiger partial charge is 0.315 e. The number of nitrogens with one attached hydrogen (secondary N) is 1. The van der Waals surface area contributed by atoms with Gasteiger partial charge in [0.05, 0.1) is 5.75 Å². The molecule has 0 aliphatic rings. The maximum atomic E-state index is 11.4. The molecule has 0 bridgehead atoms. The Labute approximate surface area is 102 Å². The molecule has 0 aliphatic heterocycles. The topological polar surface area (TPSA) is 46.2 Å². The average molecular weight is 261 g/mol. The predicted octanol–water partition coefficient (Wildman–Crippen LogP) is 1.70. The summed E-state index contributed by atoms with van der Waals surface area (Å²) < 4.78 is 22.8. The molecule has 0 unspecified atom stereocenters. The number of hydrogen-bond acceptors (Lipinski definition) is 4. The van der Waals surface area contributed by atoms with Crippen molar-refractivity contribution in [3.8, 4) is 0 Å². The van der Waals surface area contributed by atoms with E-state index in [2.05, 4.69) is 16.8 Å². The summed E-state index contributed by atoms with van der Waals surface area (Å²) in [4.78, 5) is 1.34. The van der Waals surface area contributed by atoms with Crippen LogP contribution in [-0.4, -0.2) is 33.0 Å². The van der Waals surface area contributed by atoms with Crippen LogP contribution in [0.3, 0.4) is 0 Å². The summed E-state index contributed by atoms with van der Waals surface area (Å²) in [6.45, 7) is 3.30. The van der Waals surface area contributed by atoms with E-state index in [0.717, 1.165) is 13.0 Å². The van der Waals surface area contributed by atoms with E-state index >= 15 is 0 Å². The van der Waals surface area contributed by atoms with Crippen LogP contribution in [0.5, 0.6) is 0 Å². The first-order chi connectivity index (χ1) is 7.64. The molecule has 16 heavy (non-hydrogen) atoms. The third kappa shape index (κ3) is 5.63. The van der Waals surface area contributed by atoms with Crippen LogP contribution in [0.15, 0.2) is 17.5 Å². The zero-order valence-corrected chi connectivity index (χ0v) is 11.2. The Morgan fingerprint density at radius 2 is 2.12 bits per heavy atom. The summed E-state index contributed by atoms with van der Waals surface area (Å²) in [6.07, 6.45) is 1.68. The highest BCUT2D eigenvalue weighted by molar-refractivity contribution is 7.91. The molecule has 0 aliphatic carbocycles. The lowest BCUT2D eigenvalue weighted by Crippen LogP contribution is -2.25. The molecule has 1 aromatic heterocycles. The minimum absolute atomic E-state index is 0.255. The number of sulfone groups is 1. The highest BCUT2D eigenvalue weighted by atomic mass is 32.2. The van der Waals surface area contributed by atoms with Crippen molar-refractivity contribution in [3.05, 3.63) is 22.4 Å². The molecule has 5 heteroatoms. The molecule has 0 saturated carbocycles. The lowest BCUT2D eigenvalue weighted by Gasteiger charge is -2.04. The second-order valence-electron chi connectivity index (χ2n) is 3.73. The minimum Gasteiger partial charge on any atom is -0.315 e. The smallest absolute Gasteiger partial charge is 0.151 e. The molecule has 92 valence electrons. The molecule has 0 spiro atoms. The summed E-state index contributed by atoms with van der Waals surface area (Å²) in [7, 11) is -2.83. The van der Waals surface area contributed by atoms with Gasteiger partial charge in [-0.15, -0.1) is 11.3 Å². The van der Waals surface area contributed by atoms with Gasteiger partial charge in [-0.25, -0.2) is 8.42 Å². The third-order valence-corrected chi connectivity index (χ3v) is 5.03. The van der Waals surface area contributed by atoms with Gasteiger partial charge in [0.1, 0.15) is 0 Å². The molecule has 1 heterocycles. The van der Waals surface area contributed by atoms with Gasteiger partial charge in [-0.1, -0.05) is 13.0 Å². The van der Waals surface area contributed by atoms with Gasteiger partial charge in [-0.2, -0.15) is 0 Å². The standard InChI is InChI=1S/C11H19NO2S2/c1-2-9-16(13,14)10-7-12-6-5-11-4-3-8-15-11/h3-4,8,12H,2,5-7,9-10H2,1H3. The number of rotatable bonds is 8. The van der Waals surface area contributed by atoms with E-state index < -0.39 is 9.84 Å². The molecule has 0 radical (unpaired) electrons. The first-order valence-electron chi connectivity index (χ1n) is 5.57. The number of thiophene rings is 1. The molecule has 0 saturated heterocycles. The molecular weight excluding hydrogens is 242 g/mol. The van der Waals surface area contributed by atoms with Crippen LogP contribution >= 0.6 is 11.3 Å². The molecule has 1 aromatic rings. The minimum atomic E-state index is -2.83. The summed E-state index contributed by atoms with van der Waals surface area (Å²) >= 11 is 1.74. The van der Waals surface area contributed by atoms with Crippen molar-refractivity contribution in [1.82, 2.24) is 5.32 Å². The number of hydrogen-bond donors (Lipinski definition) is 1. The van der Waals surface area contributed by atoms with Gasteiger partial charge in [0.15, 0.2) is 9.84 Å².